The molecule has 2 N–H and O–H groups in total. The van der Waals surface area contributed by atoms with Gasteiger partial charge in [-0.1, -0.05) is 26.0 Å². The number of anilines is 2. The summed E-state index contributed by atoms with van der Waals surface area (Å²) in [6, 6.07) is 15.9. The molecule has 2 aromatic rings. The lowest BCUT2D eigenvalue weighted by molar-refractivity contribution is -0.892. The molecule has 0 spiro atoms. The molecule has 1 aliphatic rings. The van der Waals surface area contributed by atoms with Crippen LogP contribution in [0.25, 0.3) is 0 Å². The number of rotatable bonds is 6. The zero-order valence-electron chi connectivity index (χ0n) is 17.0. The molecule has 3 rings (SSSR count). The molecule has 0 atom stereocenters. The van der Waals surface area contributed by atoms with E-state index in [1.54, 1.807) is 6.92 Å². The minimum absolute atomic E-state index is 0.0616. The molecule has 148 valence electrons. The molecule has 0 aliphatic carbocycles. The van der Waals surface area contributed by atoms with Crippen LogP contribution in [0.1, 0.15) is 42.6 Å². The van der Waals surface area contributed by atoms with Crippen molar-refractivity contribution in [1.82, 2.24) is 0 Å². The molecule has 1 saturated heterocycles. The first-order valence-corrected chi connectivity index (χ1v) is 10.0. The van der Waals surface area contributed by atoms with Crippen molar-refractivity contribution in [3.63, 3.8) is 0 Å². The van der Waals surface area contributed by atoms with Gasteiger partial charge in [-0.3, -0.25) is 9.59 Å². The molecule has 1 heterocycles. The summed E-state index contributed by atoms with van der Waals surface area (Å²) in [5.74, 6) is 0.640. The molecule has 2 aromatic carbocycles. The Morgan fingerprint density at radius 3 is 2.14 bits per heavy atom. The van der Waals surface area contributed by atoms with Gasteiger partial charge in [0.05, 0.1) is 26.2 Å². The van der Waals surface area contributed by atoms with Crippen molar-refractivity contribution in [1.29, 1.82) is 0 Å². The van der Waals surface area contributed by atoms with Crippen LogP contribution in [0, 0.1) is 0 Å². The van der Waals surface area contributed by atoms with E-state index in [0.717, 1.165) is 43.1 Å². The molecule has 0 bridgehead atoms. The third-order valence-electron chi connectivity index (χ3n) is 5.38. The number of benzene rings is 2. The zero-order valence-corrected chi connectivity index (χ0v) is 17.0. The van der Waals surface area contributed by atoms with Crippen LogP contribution in [-0.4, -0.2) is 44.4 Å². The summed E-state index contributed by atoms with van der Waals surface area (Å²) in [6.45, 7) is 10.1. The van der Waals surface area contributed by atoms with Crippen molar-refractivity contribution in [3.05, 3.63) is 59.7 Å². The number of carbonyl (C=O) groups excluding carboxylic acids is 2. The average Bonchev–Trinajstić information content (AvgIpc) is 2.69. The van der Waals surface area contributed by atoms with Crippen LogP contribution in [0.5, 0.6) is 0 Å². The van der Waals surface area contributed by atoms with E-state index in [2.05, 4.69) is 36.2 Å². The van der Waals surface area contributed by atoms with Crippen molar-refractivity contribution < 1.29 is 14.5 Å². The Labute approximate surface area is 167 Å². The topological polar surface area (TPSA) is 53.9 Å². The Kier molecular flexibility index (Phi) is 6.47. The maximum Gasteiger partial charge on any atom is 0.279 e. The summed E-state index contributed by atoms with van der Waals surface area (Å²) >= 11 is 0. The number of Topliss-reactive ketones (excluding diaryl/α,β-unsaturated/α-hetero) is 1. The fourth-order valence-corrected chi connectivity index (χ4v) is 3.55. The summed E-state index contributed by atoms with van der Waals surface area (Å²) in [6.07, 6.45) is 0. The van der Waals surface area contributed by atoms with Crippen LogP contribution in [-0.2, 0) is 4.79 Å². The number of hydrogen-bond acceptors (Lipinski definition) is 3. The van der Waals surface area contributed by atoms with Gasteiger partial charge < -0.3 is 15.1 Å². The van der Waals surface area contributed by atoms with Gasteiger partial charge in [0.1, 0.15) is 0 Å². The van der Waals surface area contributed by atoms with Crippen molar-refractivity contribution in [2.45, 2.75) is 26.7 Å². The van der Waals surface area contributed by atoms with Gasteiger partial charge in [-0.15, -0.1) is 0 Å². The number of ketones is 1. The Bertz CT molecular complexity index is 805. The Morgan fingerprint density at radius 1 is 1.00 bits per heavy atom. The summed E-state index contributed by atoms with van der Waals surface area (Å²) in [7, 11) is 0. The normalized spacial score (nSPS) is 14.9. The van der Waals surface area contributed by atoms with Crippen LogP contribution < -0.4 is 15.1 Å². The number of piperazine rings is 1. The summed E-state index contributed by atoms with van der Waals surface area (Å²) in [5, 5.41) is 3.01. The van der Waals surface area contributed by atoms with Crippen LogP contribution in [0.4, 0.5) is 11.4 Å². The van der Waals surface area contributed by atoms with E-state index in [4.69, 9.17) is 0 Å². The average molecular weight is 381 g/mol. The molecule has 0 radical (unpaired) electrons. The number of hydrogen-bond donors (Lipinski definition) is 2. The predicted molar refractivity (Wildman–Crippen MR) is 113 cm³/mol. The molecule has 5 heteroatoms. The first kappa shape index (κ1) is 20.1. The van der Waals surface area contributed by atoms with E-state index < -0.39 is 0 Å². The van der Waals surface area contributed by atoms with E-state index in [0.29, 0.717) is 12.5 Å². The van der Waals surface area contributed by atoms with Gasteiger partial charge in [-0.05, 0) is 54.8 Å². The first-order chi connectivity index (χ1) is 13.4. The lowest BCUT2D eigenvalue weighted by Crippen LogP contribution is -3.15. The Morgan fingerprint density at radius 2 is 1.61 bits per heavy atom. The van der Waals surface area contributed by atoms with Gasteiger partial charge >= 0.3 is 0 Å². The number of quaternary nitrogens is 1. The fraction of sp³-hybridized carbons (Fsp3) is 0.391. The Hall–Kier alpha value is -2.66. The molecule has 28 heavy (non-hydrogen) atoms. The number of amides is 1. The molecule has 1 amide bonds. The summed E-state index contributed by atoms with van der Waals surface area (Å²) < 4.78 is 0. The zero-order chi connectivity index (χ0) is 20.1. The molecule has 0 unspecified atom stereocenters. The molecule has 0 saturated carbocycles. The smallest absolute Gasteiger partial charge is 0.279 e. The minimum Gasteiger partial charge on any atom is -0.360 e. The summed E-state index contributed by atoms with van der Waals surface area (Å²) in [5.41, 5.74) is 4.01. The first-order valence-electron chi connectivity index (χ1n) is 10.0. The second-order valence-electron chi connectivity index (χ2n) is 7.84. The minimum atomic E-state index is 0.0616. The van der Waals surface area contributed by atoms with Gasteiger partial charge in [-0.25, -0.2) is 0 Å². The van der Waals surface area contributed by atoms with E-state index in [9.17, 15) is 9.59 Å². The van der Waals surface area contributed by atoms with Crippen molar-refractivity contribution in [2.24, 2.45) is 0 Å². The van der Waals surface area contributed by atoms with Crippen LogP contribution in [0.3, 0.4) is 0 Å². The Balaban J connectivity index is 1.47. The van der Waals surface area contributed by atoms with Crippen LogP contribution >= 0.6 is 0 Å². The third-order valence-corrected chi connectivity index (χ3v) is 5.38. The second-order valence-corrected chi connectivity index (χ2v) is 7.84. The van der Waals surface area contributed by atoms with E-state index >= 15 is 0 Å². The van der Waals surface area contributed by atoms with Gasteiger partial charge in [0, 0.05) is 16.9 Å². The quantitative estimate of drug-likeness (QED) is 0.757. The van der Waals surface area contributed by atoms with Gasteiger partial charge in [0.25, 0.3) is 5.91 Å². The number of nitrogens with zero attached hydrogens (tertiary/aromatic N) is 1. The maximum absolute atomic E-state index is 12.4. The molecular weight excluding hydrogens is 350 g/mol. The van der Waals surface area contributed by atoms with E-state index in [1.165, 1.54) is 10.5 Å². The van der Waals surface area contributed by atoms with Crippen molar-refractivity contribution >= 4 is 23.1 Å². The fourth-order valence-electron chi connectivity index (χ4n) is 3.55. The van der Waals surface area contributed by atoms with Crippen molar-refractivity contribution in [2.75, 3.05) is 42.9 Å². The van der Waals surface area contributed by atoms with Gasteiger partial charge in [0.15, 0.2) is 12.3 Å². The highest BCUT2D eigenvalue weighted by Crippen LogP contribution is 2.17. The summed E-state index contributed by atoms with van der Waals surface area (Å²) in [4.78, 5) is 27.4. The molecule has 0 aromatic heterocycles. The largest absolute Gasteiger partial charge is 0.360 e. The van der Waals surface area contributed by atoms with Crippen LogP contribution in [0.2, 0.25) is 0 Å². The monoisotopic (exact) mass is 380 g/mol. The standard InChI is InChI=1S/C23H29N3O2/c1-17(2)19-4-8-21(9-5-19)24-23(28)16-25-12-14-26(15-13-25)22-10-6-20(7-11-22)18(3)27/h4-11,17H,12-16H2,1-3H3,(H,24,28)/p+1. The molecule has 5 nitrogen and oxygen atoms in total. The predicted octanol–water partition coefficient (Wildman–Crippen LogP) is 2.36. The van der Waals surface area contributed by atoms with Crippen LogP contribution in [0.15, 0.2) is 48.5 Å². The molecule has 1 aliphatic heterocycles. The van der Waals surface area contributed by atoms with Crippen molar-refractivity contribution in [3.8, 4) is 0 Å². The number of carbonyl (C=O) groups is 2. The highest BCUT2D eigenvalue weighted by Gasteiger charge is 2.22. The maximum atomic E-state index is 12.4. The lowest BCUT2D eigenvalue weighted by atomic mass is 10.0. The molecule has 1 fully saturated rings. The highest BCUT2D eigenvalue weighted by molar-refractivity contribution is 5.94. The second kappa shape index (κ2) is 9.02. The van der Waals surface area contributed by atoms with Gasteiger partial charge in [0.2, 0.25) is 0 Å². The molecular formula is C23H30N3O2+. The SMILES string of the molecule is CC(=O)c1ccc(N2CC[NH+](CC(=O)Nc3ccc(C(C)C)cc3)CC2)cc1. The number of nitrogens with one attached hydrogen (secondary N) is 2. The van der Waals surface area contributed by atoms with E-state index in [-0.39, 0.29) is 11.7 Å². The lowest BCUT2D eigenvalue weighted by Gasteiger charge is -2.33. The highest BCUT2D eigenvalue weighted by atomic mass is 16.2. The third kappa shape index (κ3) is 5.20. The van der Waals surface area contributed by atoms with Gasteiger partial charge in [-0.2, -0.15) is 0 Å². The van der Waals surface area contributed by atoms with E-state index in [1.807, 2.05) is 36.4 Å².